The number of benzene rings is 1. The molecule has 2 fully saturated rings. The zero-order chi connectivity index (χ0) is 24.6. The molecular formula is C26H31F3N4O2. The average molecular weight is 489 g/mol. The molecule has 1 unspecified atom stereocenters. The van der Waals surface area contributed by atoms with E-state index in [1.807, 2.05) is 6.07 Å². The van der Waals surface area contributed by atoms with Crippen LogP contribution in [0.5, 0.6) is 0 Å². The number of rotatable bonds is 4. The first-order valence-electron chi connectivity index (χ1n) is 12.3. The zero-order valence-corrected chi connectivity index (χ0v) is 19.9. The van der Waals surface area contributed by atoms with Crippen LogP contribution in [0.25, 0.3) is 0 Å². The normalized spacial score (nSPS) is 23.7. The standard InChI is InChI=1S/C26H31F3N4O2/c1-35-20-9-6-17(7-10-20)25(34)33-16-19-5-4-12-30-24(19)31-21-11-8-18(15-22(21)33)23(26(27,28)29)32-13-2-3-14-32/h4-5,8,11-12,15,17,20,23H,2-3,6-7,9-10,13-14,16H2,1H3,(H,30,31)/t17-,20-,23?. The lowest BCUT2D eigenvalue weighted by molar-refractivity contribution is -0.183. The van der Waals surface area contributed by atoms with Crippen LogP contribution in [0.2, 0.25) is 0 Å². The van der Waals surface area contributed by atoms with Crippen LogP contribution in [0, 0.1) is 5.92 Å². The van der Waals surface area contributed by atoms with Gasteiger partial charge < -0.3 is 15.0 Å². The summed E-state index contributed by atoms with van der Waals surface area (Å²) >= 11 is 0. The highest BCUT2D eigenvalue weighted by atomic mass is 19.4. The van der Waals surface area contributed by atoms with Gasteiger partial charge in [-0.25, -0.2) is 4.98 Å². The third kappa shape index (κ3) is 4.89. The second-order valence-corrected chi connectivity index (χ2v) is 9.73. The third-order valence-corrected chi connectivity index (χ3v) is 7.54. The Morgan fingerprint density at radius 1 is 1.14 bits per heavy atom. The van der Waals surface area contributed by atoms with Crippen molar-refractivity contribution < 1.29 is 22.7 Å². The lowest BCUT2D eigenvalue weighted by Crippen LogP contribution is -2.39. The Morgan fingerprint density at radius 2 is 1.89 bits per heavy atom. The monoisotopic (exact) mass is 488 g/mol. The summed E-state index contributed by atoms with van der Waals surface area (Å²) in [6.45, 7) is 1.09. The molecule has 1 aromatic heterocycles. The second kappa shape index (κ2) is 9.78. The van der Waals surface area contributed by atoms with Crippen molar-refractivity contribution in [2.45, 2.75) is 63.4 Å². The van der Waals surface area contributed by atoms with Crippen LogP contribution in [-0.4, -0.2) is 48.3 Å². The first-order valence-corrected chi connectivity index (χ1v) is 12.3. The Labute approximate surface area is 203 Å². The Bertz CT molecular complexity index is 1060. The van der Waals surface area contributed by atoms with Gasteiger partial charge in [0.2, 0.25) is 5.91 Å². The molecule has 1 atom stereocenters. The fourth-order valence-electron chi connectivity index (χ4n) is 5.68. The maximum atomic E-state index is 14.2. The van der Waals surface area contributed by atoms with Crippen molar-refractivity contribution in [2.24, 2.45) is 5.92 Å². The highest BCUT2D eigenvalue weighted by molar-refractivity contribution is 5.99. The molecule has 1 saturated heterocycles. The van der Waals surface area contributed by atoms with E-state index in [1.165, 1.54) is 11.0 Å². The molecule has 1 saturated carbocycles. The first kappa shape index (κ1) is 24.1. The van der Waals surface area contributed by atoms with Gasteiger partial charge in [0.15, 0.2) is 0 Å². The van der Waals surface area contributed by atoms with Crippen molar-refractivity contribution in [1.29, 1.82) is 0 Å². The summed E-state index contributed by atoms with van der Waals surface area (Å²) in [5.74, 6) is 0.376. The van der Waals surface area contributed by atoms with E-state index in [-0.39, 0.29) is 30.0 Å². The number of hydrogen-bond acceptors (Lipinski definition) is 5. The SMILES string of the molecule is CO[C@H]1CC[C@H](C(=O)N2Cc3cccnc3Nc3ccc(C(N4CCCC4)C(F)(F)F)cc32)CC1. The number of amides is 1. The molecule has 1 aromatic carbocycles. The van der Waals surface area contributed by atoms with Gasteiger partial charge in [0.1, 0.15) is 11.9 Å². The highest BCUT2D eigenvalue weighted by Crippen LogP contribution is 2.44. The Kier molecular flexibility index (Phi) is 6.72. The van der Waals surface area contributed by atoms with Gasteiger partial charge in [-0.1, -0.05) is 12.1 Å². The number of carbonyl (C=O) groups excluding carboxylic acids is 1. The lowest BCUT2D eigenvalue weighted by atomic mass is 9.86. The van der Waals surface area contributed by atoms with Gasteiger partial charge in [0.25, 0.3) is 0 Å². The minimum Gasteiger partial charge on any atom is -0.381 e. The summed E-state index contributed by atoms with van der Waals surface area (Å²) in [5, 5.41) is 3.26. The summed E-state index contributed by atoms with van der Waals surface area (Å²) in [7, 11) is 1.69. The molecule has 1 aliphatic carbocycles. The van der Waals surface area contributed by atoms with Crippen molar-refractivity contribution in [3.05, 3.63) is 47.7 Å². The fourth-order valence-corrected chi connectivity index (χ4v) is 5.68. The number of likely N-dealkylation sites (tertiary alicyclic amines) is 1. The summed E-state index contributed by atoms with van der Waals surface area (Å²) in [6.07, 6.45) is 1.94. The molecule has 2 aliphatic heterocycles. The largest absolute Gasteiger partial charge is 0.408 e. The zero-order valence-electron chi connectivity index (χ0n) is 19.9. The number of anilines is 3. The van der Waals surface area contributed by atoms with Crippen LogP contribution in [-0.2, 0) is 16.1 Å². The number of ether oxygens (including phenoxy) is 1. The van der Waals surface area contributed by atoms with Crippen molar-refractivity contribution in [3.63, 3.8) is 0 Å². The van der Waals surface area contributed by atoms with Crippen LogP contribution in [0.15, 0.2) is 36.5 Å². The number of pyridine rings is 1. The van der Waals surface area contributed by atoms with Crippen molar-refractivity contribution >= 4 is 23.1 Å². The Morgan fingerprint density at radius 3 is 2.57 bits per heavy atom. The van der Waals surface area contributed by atoms with Gasteiger partial charge in [-0.15, -0.1) is 0 Å². The maximum Gasteiger partial charge on any atom is 0.408 e. The number of aromatic nitrogens is 1. The van der Waals surface area contributed by atoms with Crippen LogP contribution >= 0.6 is 0 Å². The van der Waals surface area contributed by atoms with Gasteiger partial charge >= 0.3 is 6.18 Å². The van der Waals surface area contributed by atoms with E-state index in [0.29, 0.717) is 43.1 Å². The molecule has 6 nitrogen and oxygen atoms in total. The summed E-state index contributed by atoms with van der Waals surface area (Å²) in [6, 6.07) is 6.76. The van der Waals surface area contributed by atoms with Crippen molar-refractivity contribution in [2.75, 3.05) is 30.4 Å². The fraction of sp³-hybridized carbons (Fsp3) is 0.538. The molecule has 1 N–H and O–H groups in total. The number of nitrogens with zero attached hydrogens (tertiary/aromatic N) is 3. The van der Waals surface area contributed by atoms with Crippen molar-refractivity contribution in [3.8, 4) is 0 Å². The van der Waals surface area contributed by atoms with Gasteiger partial charge in [0, 0.05) is 24.8 Å². The predicted octanol–water partition coefficient (Wildman–Crippen LogP) is 5.58. The smallest absolute Gasteiger partial charge is 0.381 e. The molecular weight excluding hydrogens is 457 g/mol. The average Bonchev–Trinajstić information content (AvgIpc) is 3.31. The van der Waals surface area contributed by atoms with Gasteiger partial charge in [0.05, 0.1) is 24.0 Å². The molecule has 0 radical (unpaired) electrons. The van der Waals surface area contributed by atoms with E-state index >= 15 is 0 Å². The van der Waals surface area contributed by atoms with E-state index in [4.69, 9.17) is 4.74 Å². The van der Waals surface area contributed by atoms with Crippen LogP contribution in [0.1, 0.15) is 55.7 Å². The molecule has 9 heteroatoms. The quantitative estimate of drug-likeness (QED) is 0.609. The number of hydrogen-bond donors (Lipinski definition) is 1. The number of nitrogens with one attached hydrogen (secondary N) is 1. The molecule has 3 aliphatic rings. The number of halogens is 3. The van der Waals surface area contributed by atoms with Crippen molar-refractivity contribution in [1.82, 2.24) is 9.88 Å². The predicted molar refractivity (Wildman–Crippen MR) is 128 cm³/mol. The molecule has 0 spiro atoms. The Balaban J connectivity index is 1.54. The second-order valence-electron chi connectivity index (χ2n) is 9.73. The van der Waals surface area contributed by atoms with E-state index in [9.17, 15) is 18.0 Å². The van der Waals surface area contributed by atoms with Gasteiger partial charge in [-0.2, -0.15) is 13.2 Å². The number of alkyl halides is 3. The highest BCUT2D eigenvalue weighted by Gasteiger charge is 2.46. The van der Waals surface area contributed by atoms with Crippen LogP contribution in [0.4, 0.5) is 30.4 Å². The lowest BCUT2D eigenvalue weighted by Gasteiger charge is -2.33. The van der Waals surface area contributed by atoms with Crippen LogP contribution < -0.4 is 10.2 Å². The van der Waals surface area contributed by atoms with Gasteiger partial charge in [-0.3, -0.25) is 9.69 Å². The van der Waals surface area contributed by atoms with Gasteiger partial charge in [-0.05, 0) is 75.4 Å². The summed E-state index contributed by atoms with van der Waals surface area (Å²) < 4.78 is 48.2. The summed E-state index contributed by atoms with van der Waals surface area (Å²) in [5.41, 5.74) is 2.07. The first-order chi connectivity index (χ1) is 16.8. The topological polar surface area (TPSA) is 57.7 Å². The van der Waals surface area contributed by atoms with E-state index < -0.39 is 12.2 Å². The Hall–Kier alpha value is -2.65. The minimum absolute atomic E-state index is 0.0545. The van der Waals surface area contributed by atoms with E-state index in [1.54, 1.807) is 36.4 Å². The molecule has 2 aromatic rings. The molecule has 1 amide bonds. The summed E-state index contributed by atoms with van der Waals surface area (Å²) in [4.78, 5) is 21.4. The van der Waals surface area contributed by atoms with E-state index in [2.05, 4.69) is 10.3 Å². The number of carbonyl (C=O) groups is 1. The molecule has 0 bridgehead atoms. The third-order valence-electron chi connectivity index (χ3n) is 7.54. The molecule has 5 rings (SSSR count). The molecule has 3 heterocycles. The molecule has 35 heavy (non-hydrogen) atoms. The maximum absolute atomic E-state index is 14.2. The van der Waals surface area contributed by atoms with E-state index in [0.717, 1.165) is 31.2 Å². The minimum atomic E-state index is -4.41. The van der Waals surface area contributed by atoms with Crippen LogP contribution in [0.3, 0.4) is 0 Å². The molecule has 188 valence electrons. The number of methoxy groups -OCH3 is 1. The number of fused-ring (bicyclic) bond motifs is 2.